The van der Waals surface area contributed by atoms with Crippen molar-refractivity contribution in [2.45, 2.75) is 57.5 Å². The van der Waals surface area contributed by atoms with Crippen LogP contribution < -0.4 is 0 Å². The molecule has 5 atom stereocenters. The number of thioether (sulfide) groups is 1. The summed E-state index contributed by atoms with van der Waals surface area (Å²) >= 11 is 1.31. The number of aliphatic hydroxyl groups is 1. The van der Waals surface area contributed by atoms with E-state index in [2.05, 4.69) is 0 Å². The van der Waals surface area contributed by atoms with E-state index in [0.29, 0.717) is 5.75 Å². The smallest absolute Gasteiger partial charge is 0.303 e. The summed E-state index contributed by atoms with van der Waals surface area (Å²) in [6.07, 6.45) is -4.20. The molecule has 0 bridgehead atoms. The number of aliphatic hydroxyl groups excluding tert-OH is 1. The number of ether oxygens (including phenoxy) is 4. The van der Waals surface area contributed by atoms with E-state index in [0.717, 1.165) is 0 Å². The van der Waals surface area contributed by atoms with Crippen LogP contribution in [0.25, 0.3) is 0 Å². The van der Waals surface area contributed by atoms with E-state index in [4.69, 9.17) is 18.9 Å². The Morgan fingerprint density at radius 1 is 1.04 bits per heavy atom. The van der Waals surface area contributed by atoms with Crippen LogP contribution in [-0.4, -0.2) is 65.2 Å². The standard InChI is InChI=1S/C14H22O8S/c1-5-23-14-11(18)13(21-9(4)17)12(20-8(3)16)10(22-14)6-19-7(2)15/h10-14,18H,5-6H2,1-4H3/t10-,11-,12-,13-,14+/m1/s1. The van der Waals surface area contributed by atoms with Gasteiger partial charge >= 0.3 is 17.9 Å². The zero-order valence-corrected chi connectivity index (χ0v) is 14.3. The van der Waals surface area contributed by atoms with Crippen molar-refractivity contribution >= 4 is 29.7 Å². The van der Waals surface area contributed by atoms with E-state index < -0.39 is 47.8 Å². The molecule has 0 saturated carbocycles. The monoisotopic (exact) mass is 350 g/mol. The summed E-state index contributed by atoms with van der Waals surface area (Å²) in [4.78, 5) is 33.7. The molecule has 0 aromatic rings. The second-order valence-corrected chi connectivity index (χ2v) is 6.31. The van der Waals surface area contributed by atoms with Gasteiger partial charge in [0.25, 0.3) is 0 Å². The van der Waals surface area contributed by atoms with Gasteiger partial charge in [-0.25, -0.2) is 0 Å². The van der Waals surface area contributed by atoms with Gasteiger partial charge < -0.3 is 24.1 Å². The lowest BCUT2D eigenvalue weighted by molar-refractivity contribution is -0.231. The van der Waals surface area contributed by atoms with Crippen molar-refractivity contribution in [1.29, 1.82) is 0 Å². The summed E-state index contributed by atoms with van der Waals surface area (Å²) in [7, 11) is 0. The molecule has 8 nitrogen and oxygen atoms in total. The molecule has 1 aliphatic rings. The van der Waals surface area contributed by atoms with Gasteiger partial charge in [0.2, 0.25) is 0 Å². The zero-order valence-electron chi connectivity index (χ0n) is 13.5. The fraction of sp³-hybridized carbons (Fsp3) is 0.786. The summed E-state index contributed by atoms with van der Waals surface area (Å²) in [5.74, 6) is -1.13. The highest BCUT2D eigenvalue weighted by Gasteiger charge is 2.49. The van der Waals surface area contributed by atoms with Gasteiger partial charge in [-0.15, -0.1) is 11.8 Å². The molecule has 0 aliphatic carbocycles. The highest BCUT2D eigenvalue weighted by Crippen LogP contribution is 2.32. The van der Waals surface area contributed by atoms with Crippen molar-refractivity contribution < 1.29 is 38.4 Å². The number of rotatable bonds is 6. The third kappa shape index (κ3) is 6.00. The van der Waals surface area contributed by atoms with Gasteiger partial charge in [0.1, 0.15) is 24.3 Å². The predicted octanol–water partition coefficient (Wildman–Crippen LogP) is 0.252. The summed E-state index contributed by atoms with van der Waals surface area (Å²) in [5.41, 5.74) is -0.697. The van der Waals surface area contributed by atoms with Crippen LogP contribution in [0.15, 0.2) is 0 Å². The molecule has 1 fully saturated rings. The van der Waals surface area contributed by atoms with E-state index in [9.17, 15) is 19.5 Å². The van der Waals surface area contributed by atoms with Gasteiger partial charge in [-0.2, -0.15) is 0 Å². The van der Waals surface area contributed by atoms with Crippen molar-refractivity contribution in [2.75, 3.05) is 12.4 Å². The van der Waals surface area contributed by atoms with E-state index in [1.165, 1.54) is 32.5 Å². The molecule has 0 aromatic carbocycles. The Labute approximate surface area is 138 Å². The van der Waals surface area contributed by atoms with Gasteiger partial charge in [-0.1, -0.05) is 6.92 Å². The Kier molecular flexibility index (Phi) is 7.80. The minimum absolute atomic E-state index is 0.182. The number of hydrogen-bond acceptors (Lipinski definition) is 9. The first-order valence-corrected chi connectivity index (χ1v) is 8.24. The average molecular weight is 350 g/mol. The molecule has 1 aliphatic heterocycles. The number of esters is 3. The normalized spacial score (nSPS) is 30.4. The lowest BCUT2D eigenvalue weighted by atomic mass is 9.99. The van der Waals surface area contributed by atoms with Crippen molar-refractivity contribution in [3.05, 3.63) is 0 Å². The minimum atomic E-state index is -1.18. The minimum Gasteiger partial charge on any atom is -0.463 e. The predicted molar refractivity (Wildman–Crippen MR) is 80.5 cm³/mol. The van der Waals surface area contributed by atoms with Gasteiger partial charge in [-0.05, 0) is 5.75 Å². The molecule has 132 valence electrons. The van der Waals surface area contributed by atoms with Crippen molar-refractivity contribution in [2.24, 2.45) is 0 Å². The van der Waals surface area contributed by atoms with Crippen LogP contribution in [-0.2, 0) is 33.3 Å². The van der Waals surface area contributed by atoms with Crippen LogP contribution in [0.1, 0.15) is 27.7 Å². The average Bonchev–Trinajstić information content (AvgIpc) is 2.43. The number of carbonyl (C=O) groups is 3. The maximum absolute atomic E-state index is 11.3. The molecule has 0 aromatic heterocycles. The molecule has 1 heterocycles. The molecule has 1 N–H and O–H groups in total. The molecule has 1 saturated heterocycles. The highest BCUT2D eigenvalue weighted by molar-refractivity contribution is 7.99. The van der Waals surface area contributed by atoms with Gasteiger partial charge in [0, 0.05) is 20.8 Å². The lowest BCUT2D eigenvalue weighted by Gasteiger charge is -2.42. The summed E-state index contributed by atoms with van der Waals surface area (Å²) in [6, 6.07) is 0. The fourth-order valence-electron chi connectivity index (χ4n) is 2.19. The quantitative estimate of drug-likeness (QED) is 0.532. The Bertz CT molecular complexity index is 440. The Hall–Kier alpha value is -1.32. The number of hydrogen-bond donors (Lipinski definition) is 1. The number of carbonyl (C=O) groups excluding carboxylic acids is 3. The van der Waals surface area contributed by atoms with Crippen molar-refractivity contribution in [3.63, 3.8) is 0 Å². The van der Waals surface area contributed by atoms with Gasteiger partial charge in [-0.3, -0.25) is 14.4 Å². The second-order valence-electron chi connectivity index (χ2n) is 4.94. The first-order chi connectivity index (χ1) is 10.8. The summed E-state index contributed by atoms with van der Waals surface area (Å²) in [5, 5.41) is 10.4. The zero-order chi connectivity index (χ0) is 17.6. The Morgan fingerprint density at radius 2 is 1.61 bits per heavy atom. The first kappa shape index (κ1) is 19.7. The maximum atomic E-state index is 11.3. The molecule has 0 radical (unpaired) electrons. The summed E-state index contributed by atoms with van der Waals surface area (Å²) in [6.45, 7) is 5.31. The second kappa shape index (κ2) is 9.09. The maximum Gasteiger partial charge on any atom is 0.303 e. The molecule has 0 amide bonds. The molecule has 0 unspecified atom stereocenters. The van der Waals surface area contributed by atoms with Crippen LogP contribution in [0.4, 0.5) is 0 Å². The SMILES string of the molecule is CCS[C@@H]1O[C@H](COC(C)=O)[C@@H](OC(C)=O)[C@H](OC(C)=O)[C@H]1O. The van der Waals surface area contributed by atoms with E-state index >= 15 is 0 Å². The van der Waals surface area contributed by atoms with E-state index in [-0.39, 0.29) is 6.61 Å². The van der Waals surface area contributed by atoms with E-state index in [1.54, 1.807) is 0 Å². The fourth-order valence-corrected chi connectivity index (χ4v) is 3.09. The molecule has 1 rings (SSSR count). The van der Waals surface area contributed by atoms with E-state index in [1.807, 2.05) is 6.92 Å². The third-order valence-electron chi connectivity index (χ3n) is 3.00. The lowest BCUT2D eigenvalue weighted by Crippen LogP contribution is -2.60. The van der Waals surface area contributed by atoms with Gasteiger partial charge in [0.15, 0.2) is 12.2 Å². The molecule has 23 heavy (non-hydrogen) atoms. The van der Waals surface area contributed by atoms with Crippen LogP contribution >= 0.6 is 11.8 Å². The van der Waals surface area contributed by atoms with Crippen molar-refractivity contribution in [1.82, 2.24) is 0 Å². The molecule has 0 spiro atoms. The Morgan fingerprint density at radius 3 is 2.09 bits per heavy atom. The molecule has 9 heteroatoms. The van der Waals surface area contributed by atoms with Crippen LogP contribution in [0.3, 0.4) is 0 Å². The first-order valence-electron chi connectivity index (χ1n) is 7.19. The van der Waals surface area contributed by atoms with Crippen LogP contribution in [0.5, 0.6) is 0 Å². The Balaban J connectivity index is 3.02. The molecular weight excluding hydrogens is 328 g/mol. The topological polar surface area (TPSA) is 108 Å². The third-order valence-corrected chi connectivity index (χ3v) is 4.05. The van der Waals surface area contributed by atoms with Crippen LogP contribution in [0, 0.1) is 0 Å². The highest BCUT2D eigenvalue weighted by atomic mass is 32.2. The van der Waals surface area contributed by atoms with Gasteiger partial charge in [0.05, 0.1) is 0 Å². The molecular formula is C14H22O8S. The largest absolute Gasteiger partial charge is 0.463 e. The van der Waals surface area contributed by atoms with Crippen molar-refractivity contribution in [3.8, 4) is 0 Å². The van der Waals surface area contributed by atoms with Crippen LogP contribution in [0.2, 0.25) is 0 Å². The summed E-state index contributed by atoms with van der Waals surface area (Å²) < 4.78 is 20.9.